The fraction of sp³-hybridized carbons (Fsp3) is 0.625. The molecule has 0 spiro atoms. The largest absolute Gasteiger partial charge is 0.474 e. The van der Waals surface area contributed by atoms with Gasteiger partial charge in [-0.25, -0.2) is 9.98 Å². The molecule has 0 aliphatic heterocycles. The van der Waals surface area contributed by atoms with Crippen molar-refractivity contribution in [3.05, 3.63) is 23.9 Å². The molecular weight excluding hydrogens is 264 g/mol. The average Bonchev–Trinajstić information content (AvgIpc) is 2.99. The van der Waals surface area contributed by atoms with Crippen LogP contribution >= 0.6 is 0 Å². The summed E-state index contributed by atoms with van der Waals surface area (Å²) in [6.07, 6.45) is 6.90. The van der Waals surface area contributed by atoms with E-state index in [0.717, 1.165) is 43.3 Å². The van der Waals surface area contributed by atoms with Crippen LogP contribution in [0.15, 0.2) is 23.3 Å². The minimum Gasteiger partial charge on any atom is -0.474 e. The number of hydrogen-bond acceptors (Lipinski definition) is 3. The van der Waals surface area contributed by atoms with Gasteiger partial charge in [0.05, 0.1) is 6.54 Å². The molecule has 0 saturated heterocycles. The summed E-state index contributed by atoms with van der Waals surface area (Å²) in [7, 11) is 0. The third-order valence-corrected chi connectivity index (χ3v) is 3.53. The Balaban J connectivity index is 2.02. The molecule has 1 aliphatic rings. The normalized spacial score (nSPS) is 14.8. The van der Waals surface area contributed by atoms with Crippen LogP contribution in [-0.4, -0.2) is 30.1 Å². The van der Waals surface area contributed by atoms with Gasteiger partial charge in [-0.1, -0.05) is 6.07 Å². The standard InChI is InChI=1S/C16H26N4O/c1-3-17-16(18-4-2)20-12-13-8-7-11-19-15(13)21-14-9-5-6-10-14/h7-8,11,14H,3-6,9-10,12H2,1-2H3,(H2,17,18,20). The lowest BCUT2D eigenvalue weighted by Crippen LogP contribution is -2.37. The van der Waals surface area contributed by atoms with Crippen molar-refractivity contribution < 1.29 is 4.74 Å². The summed E-state index contributed by atoms with van der Waals surface area (Å²) in [6, 6.07) is 3.98. The molecule has 2 rings (SSSR count). The summed E-state index contributed by atoms with van der Waals surface area (Å²) in [5, 5.41) is 6.45. The summed E-state index contributed by atoms with van der Waals surface area (Å²) in [6.45, 7) is 6.40. The first-order valence-corrected chi connectivity index (χ1v) is 7.96. The molecule has 0 aromatic carbocycles. The van der Waals surface area contributed by atoms with Crippen LogP contribution in [0.2, 0.25) is 0 Å². The maximum atomic E-state index is 6.04. The molecule has 0 unspecified atom stereocenters. The fourth-order valence-electron chi connectivity index (χ4n) is 2.49. The number of guanidine groups is 1. The molecule has 116 valence electrons. The Bertz CT molecular complexity index is 447. The topological polar surface area (TPSA) is 58.5 Å². The third-order valence-electron chi connectivity index (χ3n) is 3.53. The van der Waals surface area contributed by atoms with Crippen LogP contribution in [0, 0.1) is 0 Å². The predicted molar refractivity (Wildman–Crippen MR) is 85.6 cm³/mol. The van der Waals surface area contributed by atoms with E-state index in [9.17, 15) is 0 Å². The lowest BCUT2D eigenvalue weighted by molar-refractivity contribution is 0.199. The van der Waals surface area contributed by atoms with E-state index in [0.29, 0.717) is 12.6 Å². The number of pyridine rings is 1. The number of hydrogen-bond donors (Lipinski definition) is 2. The molecule has 0 bridgehead atoms. The summed E-state index contributed by atoms with van der Waals surface area (Å²) in [4.78, 5) is 8.96. The monoisotopic (exact) mass is 290 g/mol. The number of aliphatic imine (C=N–C) groups is 1. The highest BCUT2D eigenvalue weighted by Crippen LogP contribution is 2.25. The highest BCUT2D eigenvalue weighted by Gasteiger charge is 2.18. The number of nitrogens with zero attached hydrogens (tertiary/aromatic N) is 2. The molecule has 1 saturated carbocycles. The summed E-state index contributed by atoms with van der Waals surface area (Å²) in [5.41, 5.74) is 1.04. The Morgan fingerprint density at radius 1 is 1.29 bits per heavy atom. The van der Waals surface area contributed by atoms with Crippen LogP contribution in [0.3, 0.4) is 0 Å². The molecule has 5 heteroatoms. The molecule has 1 aromatic heterocycles. The van der Waals surface area contributed by atoms with Crippen LogP contribution in [0.25, 0.3) is 0 Å². The SMILES string of the molecule is CCNC(=NCc1cccnc1OC1CCCC1)NCC. The van der Waals surface area contributed by atoms with Gasteiger partial charge in [-0.3, -0.25) is 0 Å². The first kappa shape index (κ1) is 15.6. The first-order valence-electron chi connectivity index (χ1n) is 7.96. The van der Waals surface area contributed by atoms with Gasteiger partial charge in [0.15, 0.2) is 5.96 Å². The summed E-state index contributed by atoms with van der Waals surface area (Å²) < 4.78 is 6.04. The van der Waals surface area contributed by atoms with Crippen molar-refractivity contribution in [1.82, 2.24) is 15.6 Å². The van der Waals surface area contributed by atoms with Crippen molar-refractivity contribution in [2.24, 2.45) is 4.99 Å². The van der Waals surface area contributed by atoms with Crippen molar-refractivity contribution in [2.75, 3.05) is 13.1 Å². The van der Waals surface area contributed by atoms with Gasteiger partial charge in [0.25, 0.3) is 0 Å². The average molecular weight is 290 g/mol. The van der Waals surface area contributed by atoms with Crippen molar-refractivity contribution in [3.63, 3.8) is 0 Å². The Kier molecular flexibility index (Phi) is 6.31. The van der Waals surface area contributed by atoms with Crippen LogP contribution in [-0.2, 0) is 6.54 Å². The number of aromatic nitrogens is 1. The summed E-state index contributed by atoms with van der Waals surface area (Å²) >= 11 is 0. The van der Waals surface area contributed by atoms with E-state index in [2.05, 4.69) is 34.5 Å². The molecule has 0 radical (unpaired) electrons. The lowest BCUT2D eigenvalue weighted by atomic mass is 10.2. The molecule has 5 nitrogen and oxygen atoms in total. The van der Waals surface area contributed by atoms with Crippen LogP contribution < -0.4 is 15.4 Å². The Hall–Kier alpha value is -1.78. The minimum atomic E-state index is 0.324. The van der Waals surface area contributed by atoms with Gasteiger partial charge in [0.1, 0.15) is 6.10 Å². The molecule has 1 aromatic rings. The lowest BCUT2D eigenvalue weighted by Gasteiger charge is -2.15. The maximum absolute atomic E-state index is 6.04. The van der Waals surface area contributed by atoms with E-state index in [1.165, 1.54) is 12.8 Å². The first-order chi connectivity index (χ1) is 10.3. The number of ether oxygens (including phenoxy) is 1. The third kappa shape index (κ3) is 4.92. The quantitative estimate of drug-likeness (QED) is 0.624. The maximum Gasteiger partial charge on any atom is 0.218 e. The molecule has 1 fully saturated rings. The van der Waals surface area contributed by atoms with Crippen molar-refractivity contribution in [1.29, 1.82) is 0 Å². The number of rotatable bonds is 6. The Morgan fingerprint density at radius 2 is 2.00 bits per heavy atom. The second-order valence-corrected chi connectivity index (χ2v) is 5.22. The van der Waals surface area contributed by atoms with Gasteiger partial charge >= 0.3 is 0 Å². The second kappa shape index (κ2) is 8.49. The molecular formula is C16H26N4O. The number of nitrogens with one attached hydrogen (secondary N) is 2. The highest BCUT2D eigenvalue weighted by atomic mass is 16.5. The molecule has 0 atom stereocenters. The molecule has 21 heavy (non-hydrogen) atoms. The Morgan fingerprint density at radius 3 is 2.67 bits per heavy atom. The Labute approximate surface area is 127 Å². The van der Waals surface area contributed by atoms with E-state index in [1.54, 1.807) is 6.20 Å². The molecule has 0 amide bonds. The second-order valence-electron chi connectivity index (χ2n) is 5.22. The zero-order chi connectivity index (χ0) is 14.9. The van der Waals surface area contributed by atoms with E-state index in [-0.39, 0.29) is 0 Å². The van der Waals surface area contributed by atoms with E-state index in [4.69, 9.17) is 4.74 Å². The van der Waals surface area contributed by atoms with Crippen molar-refractivity contribution >= 4 is 5.96 Å². The van der Waals surface area contributed by atoms with Gasteiger partial charge in [-0.15, -0.1) is 0 Å². The van der Waals surface area contributed by atoms with Crippen LogP contribution in [0.4, 0.5) is 0 Å². The molecule has 2 N–H and O–H groups in total. The van der Waals surface area contributed by atoms with Gasteiger partial charge in [-0.2, -0.15) is 0 Å². The van der Waals surface area contributed by atoms with E-state index in [1.807, 2.05) is 12.1 Å². The van der Waals surface area contributed by atoms with Gasteiger partial charge < -0.3 is 15.4 Å². The van der Waals surface area contributed by atoms with Gasteiger partial charge in [0, 0.05) is 24.8 Å². The minimum absolute atomic E-state index is 0.324. The van der Waals surface area contributed by atoms with Crippen LogP contribution in [0.5, 0.6) is 5.88 Å². The predicted octanol–water partition coefficient (Wildman–Crippen LogP) is 2.48. The van der Waals surface area contributed by atoms with Crippen molar-refractivity contribution in [3.8, 4) is 5.88 Å². The smallest absolute Gasteiger partial charge is 0.218 e. The van der Waals surface area contributed by atoms with Crippen LogP contribution in [0.1, 0.15) is 45.1 Å². The molecule has 1 heterocycles. The zero-order valence-corrected chi connectivity index (χ0v) is 13.1. The highest BCUT2D eigenvalue weighted by molar-refractivity contribution is 5.79. The molecule has 1 aliphatic carbocycles. The van der Waals surface area contributed by atoms with Gasteiger partial charge in [-0.05, 0) is 45.6 Å². The van der Waals surface area contributed by atoms with E-state index < -0.39 is 0 Å². The zero-order valence-electron chi connectivity index (χ0n) is 13.1. The summed E-state index contributed by atoms with van der Waals surface area (Å²) in [5.74, 6) is 1.57. The van der Waals surface area contributed by atoms with Crippen molar-refractivity contribution in [2.45, 2.75) is 52.2 Å². The van der Waals surface area contributed by atoms with Gasteiger partial charge in [0.2, 0.25) is 5.88 Å². The fourth-order valence-corrected chi connectivity index (χ4v) is 2.49. The van der Waals surface area contributed by atoms with E-state index >= 15 is 0 Å².